The standard InChI is InChI=1S/C18H23NO3/c1-5-8-12-11-18(12)13-9-6-7-10-14(13)19(15(18)20)16(21)22-17(2,3)4/h6-7,9-10,12H,5,8,11H2,1-4H3/t12-,18-/m0/s1. The highest BCUT2D eigenvalue weighted by Gasteiger charge is 2.67. The Bertz CT molecular complexity index is 631. The lowest BCUT2D eigenvalue weighted by Crippen LogP contribution is -2.41. The van der Waals surface area contributed by atoms with Crippen LogP contribution in [0.5, 0.6) is 0 Å². The number of amides is 2. The summed E-state index contributed by atoms with van der Waals surface area (Å²) in [6.45, 7) is 7.56. The minimum Gasteiger partial charge on any atom is -0.443 e. The summed E-state index contributed by atoms with van der Waals surface area (Å²) in [5, 5.41) is 0. The van der Waals surface area contributed by atoms with Crippen molar-refractivity contribution in [2.24, 2.45) is 5.92 Å². The van der Waals surface area contributed by atoms with Crippen molar-refractivity contribution >= 4 is 17.7 Å². The van der Waals surface area contributed by atoms with Gasteiger partial charge in [0.1, 0.15) is 5.60 Å². The highest BCUT2D eigenvalue weighted by Crippen LogP contribution is 2.63. The van der Waals surface area contributed by atoms with Gasteiger partial charge in [0.25, 0.3) is 0 Å². The smallest absolute Gasteiger partial charge is 0.421 e. The van der Waals surface area contributed by atoms with E-state index in [1.165, 1.54) is 4.90 Å². The Kier molecular flexibility index (Phi) is 3.31. The number of anilines is 1. The molecule has 1 heterocycles. The number of ether oxygens (including phenoxy) is 1. The third-order valence-electron chi connectivity index (χ3n) is 4.53. The quantitative estimate of drug-likeness (QED) is 0.828. The third-order valence-corrected chi connectivity index (χ3v) is 4.53. The van der Waals surface area contributed by atoms with Crippen molar-refractivity contribution in [2.45, 2.75) is 58.0 Å². The predicted molar refractivity (Wildman–Crippen MR) is 84.9 cm³/mol. The van der Waals surface area contributed by atoms with E-state index < -0.39 is 17.1 Å². The Balaban J connectivity index is 1.97. The van der Waals surface area contributed by atoms with Gasteiger partial charge in [-0.15, -0.1) is 0 Å². The van der Waals surface area contributed by atoms with Crippen molar-refractivity contribution < 1.29 is 14.3 Å². The summed E-state index contributed by atoms with van der Waals surface area (Å²) in [5.41, 5.74) is 0.586. The normalized spacial score (nSPS) is 26.3. The average Bonchev–Trinajstić information content (AvgIpc) is 3.06. The fourth-order valence-electron chi connectivity index (χ4n) is 3.58. The molecule has 1 fully saturated rings. The van der Waals surface area contributed by atoms with Crippen molar-refractivity contribution in [3.8, 4) is 0 Å². The maximum Gasteiger partial charge on any atom is 0.421 e. The molecule has 118 valence electrons. The van der Waals surface area contributed by atoms with Gasteiger partial charge < -0.3 is 4.74 Å². The van der Waals surface area contributed by atoms with Crippen LogP contribution in [0.25, 0.3) is 0 Å². The van der Waals surface area contributed by atoms with Crippen LogP contribution in [-0.2, 0) is 14.9 Å². The molecule has 1 spiro atoms. The topological polar surface area (TPSA) is 46.6 Å². The summed E-state index contributed by atoms with van der Waals surface area (Å²) in [7, 11) is 0. The first kappa shape index (κ1) is 15.1. The van der Waals surface area contributed by atoms with Crippen LogP contribution in [0.3, 0.4) is 0 Å². The zero-order chi connectivity index (χ0) is 16.1. The van der Waals surface area contributed by atoms with Crippen LogP contribution in [-0.4, -0.2) is 17.6 Å². The molecule has 0 radical (unpaired) electrons. The molecular weight excluding hydrogens is 278 g/mol. The first-order chi connectivity index (χ1) is 10.3. The highest BCUT2D eigenvalue weighted by atomic mass is 16.6. The number of para-hydroxylation sites is 1. The van der Waals surface area contributed by atoms with E-state index in [-0.39, 0.29) is 5.91 Å². The molecule has 0 unspecified atom stereocenters. The Hall–Kier alpha value is -1.84. The second-order valence-corrected chi connectivity index (χ2v) is 7.30. The maximum absolute atomic E-state index is 13.0. The van der Waals surface area contributed by atoms with Crippen LogP contribution in [0.2, 0.25) is 0 Å². The number of fused-ring (bicyclic) bond motifs is 2. The van der Waals surface area contributed by atoms with E-state index in [0.717, 1.165) is 24.8 Å². The van der Waals surface area contributed by atoms with E-state index in [9.17, 15) is 9.59 Å². The van der Waals surface area contributed by atoms with Gasteiger partial charge in [0, 0.05) is 0 Å². The predicted octanol–water partition coefficient (Wildman–Crippen LogP) is 4.03. The summed E-state index contributed by atoms with van der Waals surface area (Å²) in [5.74, 6) is 0.236. The molecule has 2 atom stereocenters. The highest BCUT2D eigenvalue weighted by molar-refractivity contribution is 6.22. The number of imide groups is 1. The zero-order valence-electron chi connectivity index (χ0n) is 13.7. The summed E-state index contributed by atoms with van der Waals surface area (Å²) in [6.07, 6.45) is 2.34. The second kappa shape index (κ2) is 4.83. The Labute approximate surface area is 131 Å². The van der Waals surface area contributed by atoms with Crippen LogP contribution in [0.1, 0.15) is 52.5 Å². The molecule has 4 heteroatoms. The molecule has 4 nitrogen and oxygen atoms in total. The van der Waals surface area contributed by atoms with Crippen LogP contribution >= 0.6 is 0 Å². The lowest BCUT2D eigenvalue weighted by molar-refractivity contribution is -0.120. The molecule has 0 N–H and O–H groups in total. The van der Waals surface area contributed by atoms with Crippen molar-refractivity contribution in [3.05, 3.63) is 29.8 Å². The van der Waals surface area contributed by atoms with Crippen LogP contribution in [0.15, 0.2) is 24.3 Å². The number of hydrogen-bond acceptors (Lipinski definition) is 3. The molecule has 3 rings (SSSR count). The zero-order valence-corrected chi connectivity index (χ0v) is 13.7. The fraction of sp³-hybridized carbons (Fsp3) is 0.556. The van der Waals surface area contributed by atoms with Gasteiger partial charge in [0.2, 0.25) is 5.91 Å². The van der Waals surface area contributed by atoms with E-state index in [4.69, 9.17) is 4.74 Å². The van der Waals surface area contributed by atoms with E-state index in [0.29, 0.717) is 11.6 Å². The molecule has 1 aliphatic heterocycles. The van der Waals surface area contributed by atoms with Crippen LogP contribution < -0.4 is 4.90 Å². The Morgan fingerprint density at radius 2 is 2.05 bits per heavy atom. The number of hydrogen-bond donors (Lipinski definition) is 0. The van der Waals surface area contributed by atoms with E-state index >= 15 is 0 Å². The van der Waals surface area contributed by atoms with Gasteiger partial charge in [-0.2, -0.15) is 0 Å². The molecule has 1 aromatic carbocycles. The number of benzene rings is 1. The minimum atomic E-state index is -0.617. The first-order valence-corrected chi connectivity index (χ1v) is 7.98. The molecule has 1 aliphatic carbocycles. The van der Waals surface area contributed by atoms with E-state index in [1.54, 1.807) is 0 Å². The molecule has 22 heavy (non-hydrogen) atoms. The summed E-state index contributed by atoms with van der Waals surface area (Å²) in [6, 6.07) is 7.62. The van der Waals surface area contributed by atoms with Gasteiger partial charge in [0.05, 0.1) is 11.1 Å². The SMILES string of the molecule is CCC[C@H]1C[C@]12C(=O)N(C(=O)OC(C)(C)C)c1ccccc12. The number of carbonyl (C=O) groups is 2. The Morgan fingerprint density at radius 3 is 2.68 bits per heavy atom. The molecule has 2 aliphatic rings. The lowest BCUT2D eigenvalue weighted by Gasteiger charge is -2.24. The molecule has 1 saturated carbocycles. The largest absolute Gasteiger partial charge is 0.443 e. The van der Waals surface area contributed by atoms with Gasteiger partial charge in [-0.1, -0.05) is 31.5 Å². The minimum absolute atomic E-state index is 0.110. The molecular formula is C18H23NO3. The van der Waals surface area contributed by atoms with Gasteiger partial charge in [-0.3, -0.25) is 4.79 Å². The van der Waals surface area contributed by atoms with Crippen molar-refractivity contribution in [1.82, 2.24) is 0 Å². The van der Waals surface area contributed by atoms with E-state index in [1.807, 2.05) is 45.0 Å². The molecule has 1 aromatic rings. The second-order valence-electron chi connectivity index (χ2n) is 7.30. The molecule has 0 aromatic heterocycles. The van der Waals surface area contributed by atoms with Crippen molar-refractivity contribution in [3.63, 3.8) is 0 Å². The fourth-order valence-corrected chi connectivity index (χ4v) is 3.58. The summed E-state index contributed by atoms with van der Waals surface area (Å²) < 4.78 is 5.43. The average molecular weight is 301 g/mol. The van der Waals surface area contributed by atoms with E-state index in [2.05, 4.69) is 6.92 Å². The third kappa shape index (κ3) is 2.13. The van der Waals surface area contributed by atoms with Gasteiger partial charge in [0.15, 0.2) is 0 Å². The van der Waals surface area contributed by atoms with Gasteiger partial charge >= 0.3 is 6.09 Å². The first-order valence-electron chi connectivity index (χ1n) is 7.98. The molecule has 0 bridgehead atoms. The monoisotopic (exact) mass is 301 g/mol. The van der Waals surface area contributed by atoms with Gasteiger partial charge in [-0.25, -0.2) is 9.69 Å². The molecule has 2 amide bonds. The molecule has 0 saturated heterocycles. The Morgan fingerprint density at radius 1 is 1.36 bits per heavy atom. The van der Waals surface area contributed by atoms with Gasteiger partial charge in [-0.05, 0) is 51.2 Å². The summed E-state index contributed by atoms with van der Waals surface area (Å²) in [4.78, 5) is 26.7. The van der Waals surface area contributed by atoms with Crippen molar-refractivity contribution in [2.75, 3.05) is 4.90 Å². The number of carbonyl (C=O) groups excluding carboxylic acids is 2. The van der Waals surface area contributed by atoms with Crippen LogP contribution in [0, 0.1) is 5.92 Å². The van der Waals surface area contributed by atoms with Crippen LogP contribution in [0.4, 0.5) is 10.5 Å². The number of rotatable bonds is 2. The summed E-state index contributed by atoms with van der Waals surface area (Å²) >= 11 is 0. The van der Waals surface area contributed by atoms with Crippen molar-refractivity contribution in [1.29, 1.82) is 0 Å². The maximum atomic E-state index is 13.0. The number of nitrogens with zero attached hydrogens (tertiary/aromatic N) is 1. The lowest BCUT2D eigenvalue weighted by atomic mass is 9.93.